The fraction of sp³-hybridized carbons (Fsp3) is 0.467. The molecule has 0 spiro atoms. The van der Waals surface area contributed by atoms with Gasteiger partial charge in [0.05, 0.1) is 0 Å². The van der Waals surface area contributed by atoms with Crippen molar-refractivity contribution in [2.24, 2.45) is 11.8 Å². The van der Waals surface area contributed by atoms with Crippen molar-refractivity contribution in [1.29, 1.82) is 0 Å². The lowest BCUT2D eigenvalue weighted by molar-refractivity contribution is -0.138. The zero-order valence-electron chi connectivity index (χ0n) is 11.1. The predicted molar refractivity (Wildman–Crippen MR) is 72.8 cm³/mol. The third-order valence-corrected chi connectivity index (χ3v) is 4.16. The summed E-state index contributed by atoms with van der Waals surface area (Å²) in [6.45, 7) is 3.90. The number of aryl methyl sites for hydroxylation is 1. The molecule has 0 bridgehead atoms. The first kappa shape index (κ1) is 12.2. The van der Waals surface area contributed by atoms with Crippen LogP contribution in [-0.2, 0) is 9.59 Å². The SMILES string of the molecule is Cc1ccc(N2CC(C3CCC(=O)NC3=O)C2)cc1. The number of anilines is 1. The quantitative estimate of drug-likeness (QED) is 0.818. The summed E-state index contributed by atoms with van der Waals surface area (Å²) in [5, 5.41) is 2.44. The average Bonchev–Trinajstić information content (AvgIpc) is 2.32. The molecular weight excluding hydrogens is 240 g/mol. The summed E-state index contributed by atoms with van der Waals surface area (Å²) in [4.78, 5) is 25.2. The molecule has 1 atom stereocenters. The second kappa shape index (κ2) is 4.68. The summed E-state index contributed by atoms with van der Waals surface area (Å²) in [7, 11) is 0. The molecule has 0 aliphatic carbocycles. The zero-order chi connectivity index (χ0) is 13.4. The van der Waals surface area contributed by atoms with Gasteiger partial charge in [-0.15, -0.1) is 0 Å². The van der Waals surface area contributed by atoms with Crippen LogP contribution in [0.4, 0.5) is 5.69 Å². The van der Waals surface area contributed by atoms with Crippen LogP contribution in [-0.4, -0.2) is 24.9 Å². The van der Waals surface area contributed by atoms with Crippen molar-refractivity contribution in [3.05, 3.63) is 29.8 Å². The Morgan fingerprint density at radius 1 is 1.16 bits per heavy atom. The van der Waals surface area contributed by atoms with E-state index in [1.807, 2.05) is 0 Å². The van der Waals surface area contributed by atoms with Gasteiger partial charge in [-0.1, -0.05) is 17.7 Å². The fourth-order valence-electron chi connectivity index (χ4n) is 2.89. The van der Waals surface area contributed by atoms with Crippen LogP contribution in [0, 0.1) is 18.8 Å². The average molecular weight is 258 g/mol. The summed E-state index contributed by atoms with van der Waals surface area (Å²) >= 11 is 0. The van der Waals surface area contributed by atoms with E-state index in [2.05, 4.69) is 41.4 Å². The monoisotopic (exact) mass is 258 g/mol. The fourth-order valence-corrected chi connectivity index (χ4v) is 2.89. The van der Waals surface area contributed by atoms with Gasteiger partial charge in [-0.05, 0) is 25.5 Å². The summed E-state index contributed by atoms with van der Waals surface area (Å²) < 4.78 is 0. The van der Waals surface area contributed by atoms with Gasteiger partial charge in [0.15, 0.2) is 0 Å². The van der Waals surface area contributed by atoms with E-state index in [-0.39, 0.29) is 17.7 Å². The summed E-state index contributed by atoms with van der Waals surface area (Å²) in [5.74, 6) is 0.189. The normalized spacial score (nSPS) is 24.1. The molecule has 1 aromatic carbocycles. The van der Waals surface area contributed by atoms with Crippen LogP contribution in [0.1, 0.15) is 18.4 Å². The first-order valence-electron chi connectivity index (χ1n) is 6.79. The van der Waals surface area contributed by atoms with Gasteiger partial charge in [0.1, 0.15) is 0 Å². The summed E-state index contributed by atoms with van der Waals surface area (Å²) in [6, 6.07) is 8.45. The Bertz CT molecular complexity index is 503. The molecule has 0 radical (unpaired) electrons. The lowest BCUT2D eigenvalue weighted by atomic mass is 9.80. The lowest BCUT2D eigenvalue weighted by Gasteiger charge is -2.45. The Morgan fingerprint density at radius 2 is 1.84 bits per heavy atom. The summed E-state index contributed by atoms with van der Waals surface area (Å²) in [5.41, 5.74) is 2.47. The molecule has 1 aromatic rings. The van der Waals surface area contributed by atoms with Crippen LogP contribution in [0.25, 0.3) is 0 Å². The minimum atomic E-state index is -0.129. The van der Waals surface area contributed by atoms with Gasteiger partial charge >= 0.3 is 0 Å². The minimum Gasteiger partial charge on any atom is -0.371 e. The number of nitrogens with zero attached hydrogens (tertiary/aromatic N) is 1. The van der Waals surface area contributed by atoms with Gasteiger partial charge in [0.2, 0.25) is 11.8 Å². The van der Waals surface area contributed by atoms with E-state index in [1.54, 1.807) is 0 Å². The maximum absolute atomic E-state index is 11.8. The number of nitrogens with one attached hydrogen (secondary N) is 1. The highest BCUT2D eigenvalue weighted by atomic mass is 16.2. The molecule has 0 saturated carbocycles. The third kappa shape index (κ3) is 2.35. The van der Waals surface area contributed by atoms with E-state index in [4.69, 9.17) is 0 Å². The standard InChI is InChI=1S/C15H18N2O2/c1-10-2-4-12(5-3-10)17-8-11(9-17)13-6-7-14(18)16-15(13)19/h2-5,11,13H,6-9H2,1H3,(H,16,18,19). The van der Waals surface area contributed by atoms with Crippen LogP contribution >= 0.6 is 0 Å². The number of benzene rings is 1. The smallest absolute Gasteiger partial charge is 0.230 e. The molecule has 2 heterocycles. The maximum Gasteiger partial charge on any atom is 0.230 e. The van der Waals surface area contributed by atoms with Crippen molar-refractivity contribution in [2.75, 3.05) is 18.0 Å². The van der Waals surface area contributed by atoms with Crippen LogP contribution in [0.2, 0.25) is 0 Å². The molecule has 2 fully saturated rings. The van der Waals surface area contributed by atoms with Crippen LogP contribution < -0.4 is 10.2 Å². The lowest BCUT2D eigenvalue weighted by Crippen LogP contribution is -2.55. The highest BCUT2D eigenvalue weighted by molar-refractivity contribution is 5.98. The Balaban J connectivity index is 1.59. The van der Waals surface area contributed by atoms with Crippen molar-refractivity contribution < 1.29 is 9.59 Å². The number of carbonyl (C=O) groups is 2. The highest BCUT2D eigenvalue weighted by Gasteiger charge is 2.39. The molecule has 1 unspecified atom stereocenters. The third-order valence-electron chi connectivity index (χ3n) is 4.16. The maximum atomic E-state index is 11.8. The van der Waals surface area contributed by atoms with Gasteiger partial charge in [0, 0.05) is 37.0 Å². The molecule has 1 N–H and O–H groups in total. The molecule has 0 aromatic heterocycles. The number of amides is 2. The molecule has 2 saturated heterocycles. The van der Waals surface area contributed by atoms with Gasteiger partial charge < -0.3 is 4.90 Å². The van der Waals surface area contributed by atoms with Crippen molar-refractivity contribution >= 4 is 17.5 Å². The van der Waals surface area contributed by atoms with Crippen molar-refractivity contribution in [1.82, 2.24) is 5.32 Å². The van der Waals surface area contributed by atoms with E-state index in [1.165, 1.54) is 11.3 Å². The van der Waals surface area contributed by atoms with E-state index >= 15 is 0 Å². The van der Waals surface area contributed by atoms with E-state index < -0.39 is 0 Å². The van der Waals surface area contributed by atoms with E-state index in [0.717, 1.165) is 13.1 Å². The Hall–Kier alpha value is -1.84. The van der Waals surface area contributed by atoms with Crippen molar-refractivity contribution in [3.8, 4) is 0 Å². The Morgan fingerprint density at radius 3 is 2.47 bits per heavy atom. The number of rotatable bonds is 2. The molecule has 2 aliphatic rings. The second-order valence-electron chi connectivity index (χ2n) is 5.56. The second-order valence-corrected chi connectivity index (χ2v) is 5.56. The largest absolute Gasteiger partial charge is 0.371 e. The molecule has 100 valence electrons. The molecular formula is C15H18N2O2. The topological polar surface area (TPSA) is 49.4 Å². The van der Waals surface area contributed by atoms with Gasteiger partial charge in [-0.2, -0.15) is 0 Å². The first-order chi connectivity index (χ1) is 9.13. The minimum absolute atomic E-state index is 0.0133. The molecule has 4 nitrogen and oxygen atoms in total. The van der Waals surface area contributed by atoms with Crippen molar-refractivity contribution in [2.45, 2.75) is 19.8 Å². The number of hydrogen-bond acceptors (Lipinski definition) is 3. The van der Waals surface area contributed by atoms with Crippen LogP contribution in [0.3, 0.4) is 0 Å². The Labute approximate surface area is 112 Å². The number of imide groups is 1. The van der Waals surface area contributed by atoms with Crippen LogP contribution in [0.15, 0.2) is 24.3 Å². The van der Waals surface area contributed by atoms with E-state index in [9.17, 15) is 9.59 Å². The predicted octanol–water partition coefficient (Wildman–Crippen LogP) is 1.48. The molecule has 4 heteroatoms. The summed E-state index contributed by atoms with van der Waals surface area (Å²) in [6.07, 6.45) is 1.19. The number of piperidine rings is 1. The van der Waals surface area contributed by atoms with Crippen molar-refractivity contribution in [3.63, 3.8) is 0 Å². The molecule has 3 rings (SSSR count). The Kier molecular flexibility index (Phi) is 3.01. The number of carbonyl (C=O) groups excluding carboxylic acids is 2. The molecule has 2 amide bonds. The van der Waals surface area contributed by atoms with E-state index in [0.29, 0.717) is 18.8 Å². The zero-order valence-corrected chi connectivity index (χ0v) is 11.1. The number of hydrogen-bond donors (Lipinski definition) is 1. The molecule has 19 heavy (non-hydrogen) atoms. The first-order valence-corrected chi connectivity index (χ1v) is 6.79. The van der Waals surface area contributed by atoms with Gasteiger partial charge in [-0.25, -0.2) is 0 Å². The molecule has 2 aliphatic heterocycles. The highest BCUT2D eigenvalue weighted by Crippen LogP contribution is 2.32. The van der Waals surface area contributed by atoms with Gasteiger partial charge in [0.25, 0.3) is 0 Å². The van der Waals surface area contributed by atoms with Gasteiger partial charge in [-0.3, -0.25) is 14.9 Å². The van der Waals surface area contributed by atoms with Crippen LogP contribution in [0.5, 0.6) is 0 Å².